The molecule has 2 aliphatic heterocycles. The van der Waals surface area contributed by atoms with Crippen LogP contribution in [0.4, 0.5) is 24.1 Å². The van der Waals surface area contributed by atoms with Crippen LogP contribution in [0.2, 0.25) is 0 Å². The minimum Gasteiger partial charge on any atom is -0.497 e. The number of para-hydroxylation sites is 1. The lowest BCUT2D eigenvalue weighted by Crippen LogP contribution is -2.61. The predicted octanol–water partition coefficient (Wildman–Crippen LogP) is 7.68. The molecule has 9 nitrogen and oxygen atoms in total. The van der Waals surface area contributed by atoms with Crippen LogP contribution >= 0.6 is 0 Å². The molecule has 0 spiro atoms. The molecular weight excluding hydrogens is 638 g/mol. The van der Waals surface area contributed by atoms with E-state index in [4.69, 9.17) is 4.74 Å². The molecule has 50 heavy (non-hydrogen) atoms. The molecule has 11 heteroatoms. The van der Waals surface area contributed by atoms with Gasteiger partial charge in [-0.1, -0.05) is 61.5 Å². The lowest BCUT2D eigenvalue weighted by atomic mass is 9.72. The van der Waals surface area contributed by atoms with E-state index in [0.717, 1.165) is 22.6 Å². The smallest absolute Gasteiger partial charge is 0.343 e. The zero-order valence-corrected chi connectivity index (χ0v) is 27.9. The van der Waals surface area contributed by atoms with Gasteiger partial charge in [0.05, 0.1) is 48.5 Å². The summed E-state index contributed by atoms with van der Waals surface area (Å²) in [4.78, 5) is 32.3. The summed E-state index contributed by atoms with van der Waals surface area (Å²) in [6, 6.07) is 27.3. The molecule has 6 rings (SSSR count). The van der Waals surface area contributed by atoms with Gasteiger partial charge in [0, 0.05) is 25.2 Å². The standard InChI is InChI=1S/C39H36F2N6O3/c1-3-20-46(44-21-18-39(26-43,19-22-44)32-10-6-4-8-29(32)24-42)38(49)47-36(28-14-17-33(40)34(41)23-28)31-9-5-7-11-35(31)45(37(47)48)25-27-12-15-30(50-2)16-13-27/h4-17,23,36H,3,18-22,25H2,1-2H3. The average Bonchev–Trinajstić information content (AvgIpc) is 3.16. The van der Waals surface area contributed by atoms with Crippen LogP contribution < -0.4 is 9.64 Å². The number of nitrogens with zero attached hydrogens (tertiary/aromatic N) is 6. The Hall–Kier alpha value is -5.78. The molecule has 1 fully saturated rings. The van der Waals surface area contributed by atoms with Crippen LogP contribution in [-0.4, -0.2) is 53.7 Å². The van der Waals surface area contributed by atoms with Crippen LogP contribution in [0.15, 0.2) is 91.0 Å². The number of methoxy groups -OCH3 is 1. The summed E-state index contributed by atoms with van der Waals surface area (Å²) in [6.45, 7) is 2.94. The first-order chi connectivity index (χ1) is 24.2. The van der Waals surface area contributed by atoms with Gasteiger partial charge in [-0.2, -0.15) is 10.5 Å². The predicted molar refractivity (Wildman–Crippen MR) is 183 cm³/mol. The van der Waals surface area contributed by atoms with E-state index in [0.29, 0.717) is 60.5 Å². The Labute approximate surface area is 290 Å². The fourth-order valence-corrected chi connectivity index (χ4v) is 6.97. The second kappa shape index (κ2) is 14.4. The first-order valence-corrected chi connectivity index (χ1v) is 16.5. The summed E-state index contributed by atoms with van der Waals surface area (Å²) in [5.74, 6) is -1.47. The Bertz CT molecular complexity index is 1980. The zero-order chi connectivity index (χ0) is 35.4. The molecule has 0 saturated carbocycles. The van der Waals surface area contributed by atoms with Crippen molar-refractivity contribution in [2.24, 2.45) is 0 Å². The normalized spacial score (nSPS) is 17.0. The molecule has 4 aromatic carbocycles. The van der Waals surface area contributed by atoms with Gasteiger partial charge in [0.2, 0.25) is 0 Å². The highest BCUT2D eigenvalue weighted by Gasteiger charge is 2.46. The fourth-order valence-electron chi connectivity index (χ4n) is 6.97. The van der Waals surface area contributed by atoms with E-state index in [1.807, 2.05) is 30.1 Å². The lowest BCUT2D eigenvalue weighted by Gasteiger charge is -2.47. The third kappa shape index (κ3) is 6.24. The number of nitriles is 2. The van der Waals surface area contributed by atoms with Crippen molar-refractivity contribution in [3.63, 3.8) is 0 Å². The molecule has 2 heterocycles. The second-order valence-corrected chi connectivity index (χ2v) is 12.4. The average molecular weight is 675 g/mol. The minimum atomic E-state index is -1.09. The third-order valence-corrected chi connectivity index (χ3v) is 9.55. The summed E-state index contributed by atoms with van der Waals surface area (Å²) in [6.07, 6.45) is 1.26. The second-order valence-electron chi connectivity index (χ2n) is 12.4. The molecule has 2 aliphatic rings. The Balaban J connectivity index is 1.39. The van der Waals surface area contributed by atoms with Gasteiger partial charge in [0.25, 0.3) is 0 Å². The molecule has 1 unspecified atom stereocenters. The summed E-state index contributed by atoms with van der Waals surface area (Å²) < 4.78 is 34.3. The molecule has 4 aromatic rings. The summed E-state index contributed by atoms with van der Waals surface area (Å²) >= 11 is 0. The molecule has 0 bridgehead atoms. The van der Waals surface area contributed by atoms with Crippen LogP contribution in [0.3, 0.4) is 0 Å². The Morgan fingerprint density at radius 2 is 1.66 bits per heavy atom. The van der Waals surface area contributed by atoms with Crippen LogP contribution in [0.5, 0.6) is 5.75 Å². The van der Waals surface area contributed by atoms with Gasteiger partial charge in [-0.15, -0.1) is 0 Å². The monoisotopic (exact) mass is 674 g/mol. The largest absolute Gasteiger partial charge is 0.497 e. The number of hydrogen-bond donors (Lipinski definition) is 0. The van der Waals surface area contributed by atoms with Crippen molar-refractivity contribution in [1.82, 2.24) is 14.9 Å². The van der Waals surface area contributed by atoms with Crippen LogP contribution in [0, 0.1) is 34.3 Å². The van der Waals surface area contributed by atoms with Crippen LogP contribution in [-0.2, 0) is 12.0 Å². The van der Waals surface area contributed by atoms with Gasteiger partial charge in [0.1, 0.15) is 5.75 Å². The number of rotatable bonds is 8. The van der Waals surface area contributed by atoms with E-state index in [2.05, 4.69) is 12.1 Å². The van der Waals surface area contributed by atoms with Crippen molar-refractivity contribution in [1.29, 1.82) is 10.5 Å². The number of piperidine rings is 1. The van der Waals surface area contributed by atoms with Gasteiger partial charge >= 0.3 is 12.1 Å². The SMILES string of the molecule is CCCN(C(=O)N1C(=O)N(Cc2ccc(OC)cc2)c2ccccc2C1c1ccc(F)c(F)c1)N1CCC(C#N)(c2ccccc2C#N)CC1. The number of halogens is 2. The molecular formula is C39H36F2N6O3. The number of amides is 4. The minimum absolute atomic E-state index is 0.134. The van der Waals surface area contributed by atoms with Crippen molar-refractivity contribution in [2.75, 3.05) is 31.6 Å². The topological polar surface area (TPSA) is 104 Å². The maximum absolute atomic E-state index is 14.9. The number of hydrogen-bond acceptors (Lipinski definition) is 6. The van der Waals surface area contributed by atoms with E-state index < -0.39 is 35.2 Å². The fraction of sp³-hybridized carbons (Fsp3) is 0.282. The van der Waals surface area contributed by atoms with Crippen molar-refractivity contribution in [3.05, 3.63) is 130 Å². The molecule has 0 N–H and O–H groups in total. The van der Waals surface area contributed by atoms with E-state index in [1.54, 1.807) is 61.7 Å². The summed E-state index contributed by atoms with van der Waals surface area (Å²) in [5.41, 5.74) is 2.33. The van der Waals surface area contributed by atoms with E-state index in [9.17, 15) is 28.9 Å². The van der Waals surface area contributed by atoms with Crippen molar-refractivity contribution in [2.45, 2.75) is 44.2 Å². The number of carbonyl (C=O) groups excluding carboxylic acids is 2. The number of carbonyl (C=O) groups is 2. The van der Waals surface area contributed by atoms with Gasteiger partial charge in [-0.25, -0.2) is 28.3 Å². The number of fused-ring (bicyclic) bond motifs is 1. The Kier molecular flexibility index (Phi) is 9.80. The number of urea groups is 2. The number of hydrazine groups is 1. The third-order valence-electron chi connectivity index (χ3n) is 9.55. The number of imide groups is 1. The van der Waals surface area contributed by atoms with Gasteiger partial charge in [-0.3, -0.25) is 9.91 Å². The van der Waals surface area contributed by atoms with Crippen molar-refractivity contribution in [3.8, 4) is 17.9 Å². The van der Waals surface area contributed by atoms with Gasteiger partial charge < -0.3 is 4.74 Å². The van der Waals surface area contributed by atoms with E-state index >= 15 is 0 Å². The molecule has 0 radical (unpaired) electrons. The number of ether oxygens (including phenoxy) is 1. The summed E-state index contributed by atoms with van der Waals surface area (Å²) in [5, 5.41) is 23.5. The molecule has 4 amide bonds. The zero-order valence-electron chi connectivity index (χ0n) is 27.9. The van der Waals surface area contributed by atoms with E-state index in [1.165, 1.54) is 16.0 Å². The maximum atomic E-state index is 14.9. The van der Waals surface area contributed by atoms with E-state index in [-0.39, 0.29) is 18.7 Å². The number of benzene rings is 4. The molecule has 1 atom stereocenters. The highest BCUT2D eigenvalue weighted by Crippen LogP contribution is 2.43. The van der Waals surface area contributed by atoms with Crippen LogP contribution in [0.1, 0.15) is 60.0 Å². The van der Waals surface area contributed by atoms with Crippen molar-refractivity contribution < 1.29 is 23.1 Å². The van der Waals surface area contributed by atoms with Gasteiger partial charge in [0.15, 0.2) is 11.6 Å². The molecule has 0 aromatic heterocycles. The Morgan fingerprint density at radius 3 is 2.32 bits per heavy atom. The first-order valence-electron chi connectivity index (χ1n) is 16.5. The molecule has 1 saturated heterocycles. The number of anilines is 1. The highest BCUT2D eigenvalue weighted by molar-refractivity contribution is 6.05. The maximum Gasteiger partial charge on any atom is 0.343 e. The summed E-state index contributed by atoms with van der Waals surface area (Å²) in [7, 11) is 1.57. The molecule has 254 valence electrons. The lowest BCUT2D eigenvalue weighted by molar-refractivity contribution is -0.0240. The molecule has 0 aliphatic carbocycles. The quantitative estimate of drug-likeness (QED) is 0.190. The van der Waals surface area contributed by atoms with Crippen molar-refractivity contribution >= 4 is 17.7 Å². The first kappa shape index (κ1) is 34.1. The van der Waals surface area contributed by atoms with Crippen LogP contribution in [0.25, 0.3) is 0 Å². The van der Waals surface area contributed by atoms with Gasteiger partial charge in [-0.05, 0) is 72.4 Å². The Morgan fingerprint density at radius 1 is 0.960 bits per heavy atom. The highest BCUT2D eigenvalue weighted by atomic mass is 19.2.